The van der Waals surface area contributed by atoms with Crippen molar-refractivity contribution >= 4 is 17.6 Å². The molecule has 1 aromatic carbocycles. The molecule has 0 bridgehead atoms. The van der Waals surface area contributed by atoms with Crippen LogP contribution in [0.4, 0.5) is 0 Å². The highest BCUT2D eigenvalue weighted by Crippen LogP contribution is 2.15. The van der Waals surface area contributed by atoms with E-state index in [2.05, 4.69) is 10.2 Å². The number of hydrogen-bond acceptors (Lipinski definition) is 3. The van der Waals surface area contributed by atoms with Gasteiger partial charge >= 0.3 is 5.97 Å². The molecule has 2 aromatic rings. The number of aromatic nitrogens is 3. The number of carboxylic acid groups (broad SMARTS) is 1. The summed E-state index contributed by atoms with van der Waals surface area (Å²) in [6.45, 7) is 0. The number of benzene rings is 1. The highest BCUT2D eigenvalue weighted by molar-refractivity contribution is 6.30. The molecule has 0 atom stereocenters. The van der Waals surface area contributed by atoms with Gasteiger partial charge in [0.1, 0.15) is 6.33 Å². The summed E-state index contributed by atoms with van der Waals surface area (Å²) < 4.78 is 1.36. The van der Waals surface area contributed by atoms with Crippen LogP contribution in [0.1, 0.15) is 10.6 Å². The molecule has 0 unspecified atom stereocenters. The van der Waals surface area contributed by atoms with Crippen molar-refractivity contribution in [1.29, 1.82) is 0 Å². The topological polar surface area (TPSA) is 68.0 Å². The minimum absolute atomic E-state index is 0.141. The fraction of sp³-hybridized carbons (Fsp3) is 0. The predicted octanol–water partition coefficient (Wildman–Crippen LogP) is 1.62. The van der Waals surface area contributed by atoms with Crippen LogP contribution < -0.4 is 0 Å². The van der Waals surface area contributed by atoms with E-state index in [1.807, 2.05) is 0 Å². The van der Waals surface area contributed by atoms with Crippen molar-refractivity contribution in [2.45, 2.75) is 0 Å². The van der Waals surface area contributed by atoms with Gasteiger partial charge in [-0.05, 0) is 18.2 Å². The molecule has 0 amide bonds. The molecule has 0 aliphatic carbocycles. The van der Waals surface area contributed by atoms with Gasteiger partial charge in [-0.2, -0.15) is 0 Å². The number of nitrogens with zero attached hydrogens (tertiary/aromatic N) is 3. The van der Waals surface area contributed by atoms with Gasteiger partial charge in [-0.3, -0.25) is 4.57 Å². The standard InChI is InChI=1S/C9H6ClN3O2/c10-6-2-1-3-7(4-6)13-5-11-12-8(13)9(14)15/h1-5H,(H,14,15). The molecule has 15 heavy (non-hydrogen) atoms. The van der Waals surface area contributed by atoms with Gasteiger partial charge in [0.25, 0.3) is 0 Å². The van der Waals surface area contributed by atoms with Crippen LogP contribution in [0.25, 0.3) is 5.69 Å². The number of carboxylic acids is 1. The van der Waals surface area contributed by atoms with Gasteiger partial charge in [-0.25, -0.2) is 4.79 Å². The monoisotopic (exact) mass is 223 g/mol. The van der Waals surface area contributed by atoms with Gasteiger partial charge in [0, 0.05) is 5.02 Å². The van der Waals surface area contributed by atoms with Crippen LogP contribution in [-0.4, -0.2) is 25.8 Å². The van der Waals surface area contributed by atoms with E-state index < -0.39 is 5.97 Å². The van der Waals surface area contributed by atoms with Crippen molar-refractivity contribution in [2.75, 3.05) is 0 Å². The van der Waals surface area contributed by atoms with Gasteiger partial charge in [0.05, 0.1) is 5.69 Å². The molecule has 1 N–H and O–H groups in total. The van der Waals surface area contributed by atoms with Crippen LogP contribution in [0.2, 0.25) is 5.02 Å². The van der Waals surface area contributed by atoms with E-state index in [9.17, 15) is 4.79 Å². The van der Waals surface area contributed by atoms with Crippen molar-refractivity contribution in [3.05, 3.63) is 41.4 Å². The first-order chi connectivity index (χ1) is 7.18. The lowest BCUT2D eigenvalue weighted by Gasteiger charge is -2.03. The fourth-order valence-corrected chi connectivity index (χ4v) is 1.38. The van der Waals surface area contributed by atoms with Crippen molar-refractivity contribution in [2.24, 2.45) is 0 Å². The SMILES string of the molecule is O=C(O)c1nncn1-c1cccc(Cl)c1. The summed E-state index contributed by atoms with van der Waals surface area (Å²) >= 11 is 5.79. The zero-order valence-corrected chi connectivity index (χ0v) is 8.22. The summed E-state index contributed by atoms with van der Waals surface area (Å²) in [5.74, 6) is -1.27. The lowest BCUT2D eigenvalue weighted by atomic mass is 10.3. The average molecular weight is 224 g/mol. The van der Waals surface area contributed by atoms with Crippen LogP contribution in [0.5, 0.6) is 0 Å². The van der Waals surface area contributed by atoms with Crippen LogP contribution in [0.3, 0.4) is 0 Å². The Labute approximate surface area is 89.9 Å². The van der Waals surface area contributed by atoms with Crippen molar-refractivity contribution in [3.63, 3.8) is 0 Å². The number of hydrogen-bond donors (Lipinski definition) is 1. The van der Waals surface area contributed by atoms with Crippen molar-refractivity contribution < 1.29 is 9.90 Å². The molecule has 0 spiro atoms. The summed E-state index contributed by atoms with van der Waals surface area (Å²) in [5, 5.41) is 16.4. The number of aromatic carboxylic acids is 1. The third-order valence-corrected chi connectivity index (χ3v) is 2.06. The Kier molecular flexibility index (Phi) is 2.39. The molecule has 1 aromatic heterocycles. The van der Waals surface area contributed by atoms with Crippen molar-refractivity contribution in [1.82, 2.24) is 14.8 Å². The van der Waals surface area contributed by atoms with Crippen molar-refractivity contribution in [3.8, 4) is 5.69 Å². The maximum Gasteiger partial charge on any atom is 0.374 e. The second kappa shape index (κ2) is 3.70. The van der Waals surface area contributed by atoms with Crippen LogP contribution >= 0.6 is 11.6 Å². The first-order valence-corrected chi connectivity index (χ1v) is 4.45. The Balaban J connectivity index is 2.54. The second-order valence-corrected chi connectivity index (χ2v) is 3.25. The number of carbonyl (C=O) groups is 1. The van der Waals surface area contributed by atoms with E-state index in [0.717, 1.165) is 0 Å². The lowest BCUT2D eigenvalue weighted by molar-refractivity contribution is 0.0681. The fourth-order valence-electron chi connectivity index (χ4n) is 1.20. The summed E-state index contributed by atoms with van der Waals surface area (Å²) in [7, 11) is 0. The van der Waals surface area contributed by atoms with Gasteiger partial charge in [0.15, 0.2) is 0 Å². The molecular formula is C9H6ClN3O2. The van der Waals surface area contributed by atoms with E-state index in [0.29, 0.717) is 10.7 Å². The Hall–Kier alpha value is -1.88. The number of halogens is 1. The Morgan fingerprint density at radius 1 is 1.47 bits per heavy atom. The molecule has 76 valence electrons. The summed E-state index contributed by atoms with van der Waals surface area (Å²) in [5.41, 5.74) is 0.616. The Bertz CT molecular complexity index is 510. The minimum atomic E-state index is -1.13. The van der Waals surface area contributed by atoms with E-state index >= 15 is 0 Å². The van der Waals surface area contributed by atoms with Gasteiger partial charge in [-0.1, -0.05) is 17.7 Å². The summed E-state index contributed by atoms with van der Waals surface area (Å²) in [4.78, 5) is 10.8. The van der Waals surface area contributed by atoms with E-state index in [1.54, 1.807) is 24.3 Å². The maximum atomic E-state index is 10.8. The van der Waals surface area contributed by atoms with E-state index in [-0.39, 0.29) is 5.82 Å². The molecule has 0 radical (unpaired) electrons. The molecule has 0 saturated carbocycles. The zero-order valence-electron chi connectivity index (χ0n) is 7.46. The van der Waals surface area contributed by atoms with Crippen LogP contribution in [0.15, 0.2) is 30.6 Å². The Morgan fingerprint density at radius 2 is 2.27 bits per heavy atom. The van der Waals surface area contributed by atoms with E-state index in [4.69, 9.17) is 16.7 Å². The zero-order chi connectivity index (χ0) is 10.8. The van der Waals surface area contributed by atoms with Crippen LogP contribution in [0, 0.1) is 0 Å². The maximum absolute atomic E-state index is 10.8. The molecule has 0 aliphatic heterocycles. The van der Waals surface area contributed by atoms with E-state index in [1.165, 1.54) is 10.9 Å². The summed E-state index contributed by atoms with van der Waals surface area (Å²) in [6, 6.07) is 6.79. The Morgan fingerprint density at radius 3 is 2.93 bits per heavy atom. The second-order valence-electron chi connectivity index (χ2n) is 2.81. The predicted molar refractivity (Wildman–Crippen MR) is 53.3 cm³/mol. The smallest absolute Gasteiger partial charge is 0.374 e. The third-order valence-electron chi connectivity index (χ3n) is 1.83. The largest absolute Gasteiger partial charge is 0.475 e. The molecule has 0 saturated heterocycles. The average Bonchev–Trinajstić information content (AvgIpc) is 2.65. The number of rotatable bonds is 2. The third kappa shape index (κ3) is 1.82. The normalized spacial score (nSPS) is 10.2. The molecule has 5 nitrogen and oxygen atoms in total. The minimum Gasteiger partial charge on any atom is -0.475 e. The first kappa shape index (κ1) is 9.67. The lowest BCUT2D eigenvalue weighted by Crippen LogP contribution is -2.07. The van der Waals surface area contributed by atoms with Gasteiger partial charge in [0.2, 0.25) is 5.82 Å². The highest BCUT2D eigenvalue weighted by atomic mass is 35.5. The van der Waals surface area contributed by atoms with Gasteiger partial charge in [-0.15, -0.1) is 10.2 Å². The summed E-state index contributed by atoms with van der Waals surface area (Å²) in [6.07, 6.45) is 1.33. The molecule has 0 aliphatic rings. The molecule has 1 heterocycles. The first-order valence-electron chi connectivity index (χ1n) is 4.08. The molecule has 6 heteroatoms. The van der Waals surface area contributed by atoms with Crippen LogP contribution in [-0.2, 0) is 0 Å². The highest BCUT2D eigenvalue weighted by Gasteiger charge is 2.13. The molecule has 0 fully saturated rings. The quantitative estimate of drug-likeness (QED) is 0.840. The van der Waals surface area contributed by atoms with Gasteiger partial charge < -0.3 is 5.11 Å². The molecule has 2 rings (SSSR count). The molecular weight excluding hydrogens is 218 g/mol.